The number of benzene rings is 1. The molecule has 2 nitrogen and oxygen atoms in total. The number of carbonyl (C=O) groups excluding carboxylic acids is 1. The van der Waals surface area contributed by atoms with Crippen LogP contribution in [0.2, 0.25) is 0 Å². The molecule has 96 valence electrons. The Hall–Kier alpha value is -1.62. The molecule has 0 amide bonds. The Labute approximate surface area is 110 Å². The van der Waals surface area contributed by atoms with Gasteiger partial charge in [0.05, 0.1) is 6.07 Å². The molecule has 0 radical (unpaired) electrons. The minimum atomic E-state index is -0.515. The molecule has 0 aliphatic rings. The van der Waals surface area contributed by atoms with Gasteiger partial charge in [-0.2, -0.15) is 5.26 Å². The topological polar surface area (TPSA) is 40.9 Å². The predicted octanol–water partition coefficient (Wildman–Crippen LogP) is 4.11. The quantitative estimate of drug-likeness (QED) is 0.747. The van der Waals surface area contributed by atoms with Crippen LogP contribution in [0.4, 0.5) is 0 Å². The van der Waals surface area contributed by atoms with Crippen LogP contribution in [0.25, 0.3) is 0 Å². The molecule has 1 aromatic rings. The van der Waals surface area contributed by atoms with Gasteiger partial charge < -0.3 is 0 Å². The lowest BCUT2D eigenvalue weighted by atomic mass is 9.80. The summed E-state index contributed by atoms with van der Waals surface area (Å²) in [5.74, 6) is -0.552. The highest BCUT2D eigenvalue weighted by molar-refractivity contribution is 6.00. The number of carbonyl (C=O) groups is 1. The maximum Gasteiger partial charge on any atom is 0.180 e. The maximum absolute atomic E-state index is 12.4. The number of Topliss-reactive ketones (excluding diaryl/α,β-unsaturated/α-hetero) is 1. The summed E-state index contributed by atoms with van der Waals surface area (Å²) in [6.45, 7) is 8.24. The first-order valence-electron chi connectivity index (χ1n) is 6.45. The highest BCUT2D eigenvalue weighted by atomic mass is 16.1. The van der Waals surface area contributed by atoms with Crippen molar-refractivity contribution >= 4 is 5.78 Å². The van der Waals surface area contributed by atoms with E-state index in [1.54, 1.807) is 0 Å². The van der Waals surface area contributed by atoms with Crippen LogP contribution >= 0.6 is 0 Å². The van der Waals surface area contributed by atoms with E-state index in [4.69, 9.17) is 5.26 Å². The first kappa shape index (κ1) is 14.4. The molecule has 0 saturated heterocycles. The van der Waals surface area contributed by atoms with Crippen molar-refractivity contribution < 1.29 is 4.79 Å². The molecular weight excluding hydrogens is 222 g/mol. The fourth-order valence-corrected chi connectivity index (χ4v) is 2.08. The Morgan fingerprint density at radius 3 is 2.44 bits per heavy atom. The molecule has 1 unspecified atom stereocenters. The van der Waals surface area contributed by atoms with Gasteiger partial charge in [-0.3, -0.25) is 4.79 Å². The van der Waals surface area contributed by atoms with E-state index in [9.17, 15) is 4.79 Å². The van der Waals surface area contributed by atoms with Gasteiger partial charge in [0.1, 0.15) is 5.92 Å². The van der Waals surface area contributed by atoms with Gasteiger partial charge >= 0.3 is 0 Å². The average molecular weight is 243 g/mol. The van der Waals surface area contributed by atoms with Crippen molar-refractivity contribution in [3.63, 3.8) is 0 Å². The van der Waals surface area contributed by atoms with Gasteiger partial charge in [-0.15, -0.1) is 0 Å². The first-order chi connectivity index (χ1) is 8.41. The summed E-state index contributed by atoms with van der Waals surface area (Å²) < 4.78 is 0. The maximum atomic E-state index is 12.4. The molecule has 0 N–H and O–H groups in total. The smallest absolute Gasteiger partial charge is 0.180 e. The Bertz CT molecular complexity index is 463. The summed E-state index contributed by atoms with van der Waals surface area (Å²) in [5, 5.41) is 9.11. The third kappa shape index (κ3) is 3.20. The molecule has 1 rings (SSSR count). The molecule has 0 saturated carbocycles. The van der Waals surface area contributed by atoms with Crippen LogP contribution in [0.1, 0.15) is 56.5 Å². The molecule has 0 aromatic heterocycles. The van der Waals surface area contributed by atoms with Crippen molar-refractivity contribution in [1.29, 1.82) is 5.26 Å². The highest BCUT2D eigenvalue weighted by Gasteiger charge is 2.25. The van der Waals surface area contributed by atoms with Crippen molar-refractivity contribution in [3.8, 4) is 6.07 Å². The Kier molecular flexibility index (Phi) is 4.67. The van der Waals surface area contributed by atoms with Gasteiger partial charge in [0, 0.05) is 5.56 Å². The van der Waals surface area contributed by atoms with Gasteiger partial charge in [0.2, 0.25) is 0 Å². The number of rotatable bonds is 4. The second-order valence-electron chi connectivity index (χ2n) is 5.63. The lowest BCUT2D eigenvalue weighted by molar-refractivity contribution is 0.0941. The molecule has 0 bridgehead atoms. The average Bonchev–Trinajstić information content (AvgIpc) is 2.34. The SMILES string of the molecule is CCCC(C#N)C(=O)c1ccccc1C(C)(C)C. The molecule has 2 heteroatoms. The van der Waals surface area contributed by atoms with Gasteiger partial charge in [0.25, 0.3) is 0 Å². The fourth-order valence-electron chi connectivity index (χ4n) is 2.08. The summed E-state index contributed by atoms with van der Waals surface area (Å²) in [7, 11) is 0. The largest absolute Gasteiger partial charge is 0.293 e. The Balaban J connectivity index is 3.18. The van der Waals surface area contributed by atoms with Crippen LogP contribution in [0.5, 0.6) is 0 Å². The monoisotopic (exact) mass is 243 g/mol. The van der Waals surface area contributed by atoms with E-state index in [1.807, 2.05) is 31.2 Å². The van der Waals surface area contributed by atoms with E-state index in [2.05, 4.69) is 26.8 Å². The standard InChI is InChI=1S/C16H21NO/c1-5-8-12(11-17)15(18)13-9-6-7-10-14(13)16(2,3)4/h6-7,9-10,12H,5,8H2,1-4H3. The van der Waals surface area contributed by atoms with E-state index >= 15 is 0 Å². The van der Waals surface area contributed by atoms with Gasteiger partial charge in [0.15, 0.2) is 5.78 Å². The van der Waals surface area contributed by atoms with Crippen LogP contribution in [0.15, 0.2) is 24.3 Å². The van der Waals surface area contributed by atoms with E-state index < -0.39 is 5.92 Å². The van der Waals surface area contributed by atoms with Crippen LogP contribution in [-0.2, 0) is 5.41 Å². The van der Waals surface area contributed by atoms with E-state index in [0.717, 1.165) is 12.0 Å². The molecule has 0 aliphatic carbocycles. The minimum absolute atomic E-state index is 0.0372. The number of nitrogens with zero attached hydrogens (tertiary/aromatic N) is 1. The third-order valence-corrected chi connectivity index (χ3v) is 3.05. The van der Waals surface area contributed by atoms with Crippen molar-refractivity contribution in [2.75, 3.05) is 0 Å². The van der Waals surface area contributed by atoms with Gasteiger partial charge in [-0.05, 0) is 17.4 Å². The molecule has 0 fully saturated rings. The summed E-state index contributed by atoms with van der Waals surface area (Å²) in [6.07, 6.45) is 1.48. The Morgan fingerprint density at radius 2 is 1.94 bits per heavy atom. The second-order valence-corrected chi connectivity index (χ2v) is 5.63. The van der Waals surface area contributed by atoms with E-state index in [0.29, 0.717) is 12.0 Å². The number of nitriles is 1. The minimum Gasteiger partial charge on any atom is -0.293 e. The van der Waals surface area contributed by atoms with E-state index in [-0.39, 0.29) is 11.2 Å². The molecule has 0 spiro atoms. The van der Waals surface area contributed by atoms with Crippen LogP contribution < -0.4 is 0 Å². The molecular formula is C16H21NO. The highest BCUT2D eigenvalue weighted by Crippen LogP contribution is 2.28. The third-order valence-electron chi connectivity index (χ3n) is 3.05. The predicted molar refractivity (Wildman–Crippen MR) is 73.5 cm³/mol. The van der Waals surface area contributed by atoms with Crippen molar-refractivity contribution in [1.82, 2.24) is 0 Å². The fraction of sp³-hybridized carbons (Fsp3) is 0.500. The van der Waals surface area contributed by atoms with Gasteiger partial charge in [-0.1, -0.05) is 58.4 Å². The zero-order chi connectivity index (χ0) is 13.8. The van der Waals surface area contributed by atoms with Gasteiger partial charge in [-0.25, -0.2) is 0 Å². The van der Waals surface area contributed by atoms with Crippen LogP contribution in [0, 0.1) is 17.2 Å². The lowest BCUT2D eigenvalue weighted by Crippen LogP contribution is -2.20. The van der Waals surface area contributed by atoms with Crippen LogP contribution in [0.3, 0.4) is 0 Å². The molecule has 18 heavy (non-hydrogen) atoms. The number of hydrogen-bond donors (Lipinski definition) is 0. The normalized spacial score (nSPS) is 12.8. The summed E-state index contributed by atoms with van der Waals surface area (Å²) in [5.41, 5.74) is 1.63. The van der Waals surface area contributed by atoms with Crippen molar-refractivity contribution in [2.24, 2.45) is 5.92 Å². The second kappa shape index (κ2) is 5.82. The molecule has 1 aromatic carbocycles. The molecule has 1 atom stereocenters. The van der Waals surface area contributed by atoms with Crippen molar-refractivity contribution in [2.45, 2.75) is 46.0 Å². The zero-order valence-corrected chi connectivity index (χ0v) is 11.7. The number of hydrogen-bond acceptors (Lipinski definition) is 2. The lowest BCUT2D eigenvalue weighted by Gasteiger charge is -2.23. The molecule has 0 heterocycles. The van der Waals surface area contributed by atoms with E-state index in [1.165, 1.54) is 0 Å². The van der Waals surface area contributed by atoms with Crippen LogP contribution in [-0.4, -0.2) is 5.78 Å². The number of ketones is 1. The summed E-state index contributed by atoms with van der Waals surface area (Å²) in [4.78, 5) is 12.4. The molecule has 0 aliphatic heterocycles. The Morgan fingerprint density at radius 1 is 1.33 bits per heavy atom. The van der Waals surface area contributed by atoms with Crippen molar-refractivity contribution in [3.05, 3.63) is 35.4 Å². The first-order valence-corrected chi connectivity index (χ1v) is 6.45. The summed E-state index contributed by atoms with van der Waals surface area (Å²) >= 11 is 0. The summed E-state index contributed by atoms with van der Waals surface area (Å²) in [6, 6.07) is 9.75. The zero-order valence-electron chi connectivity index (χ0n) is 11.7.